The molecule has 0 saturated heterocycles. The highest BCUT2D eigenvalue weighted by molar-refractivity contribution is 9.10. The molecule has 0 unspecified atom stereocenters. The van der Waals surface area contributed by atoms with Gasteiger partial charge in [0.15, 0.2) is 0 Å². The van der Waals surface area contributed by atoms with Gasteiger partial charge in [-0.3, -0.25) is 14.3 Å². The molecule has 1 aromatic heterocycles. The highest BCUT2D eigenvalue weighted by Crippen LogP contribution is 2.17. The summed E-state index contributed by atoms with van der Waals surface area (Å²) in [5.74, 6) is 0.906. The van der Waals surface area contributed by atoms with Crippen LogP contribution in [-0.4, -0.2) is 33.6 Å². The number of hydrogen-bond acceptors (Lipinski definition) is 3. The summed E-state index contributed by atoms with van der Waals surface area (Å²) in [5, 5.41) is 0.704. The van der Waals surface area contributed by atoms with Crippen LogP contribution in [0.4, 0.5) is 0 Å². The van der Waals surface area contributed by atoms with Crippen LogP contribution in [-0.2, 0) is 13.0 Å². The summed E-state index contributed by atoms with van der Waals surface area (Å²) in [6, 6.07) is 6.18. The SMILES string of the molecule is CC(C)N1CCc2nc3cc(Br)ccc3c(=O)n2CC1. The third kappa shape index (κ3) is 2.40. The Balaban J connectivity index is 2.11. The standard InChI is InChI=1S/C15H18BrN3O/c1-10(2)18-6-5-14-17-13-9-11(16)3-4-12(13)15(20)19(14)8-7-18/h3-4,9-10H,5-8H2,1-2H3. The number of rotatable bonds is 1. The number of benzene rings is 1. The van der Waals surface area contributed by atoms with Crippen molar-refractivity contribution < 1.29 is 0 Å². The molecule has 2 aromatic rings. The zero-order chi connectivity index (χ0) is 14.3. The van der Waals surface area contributed by atoms with Gasteiger partial charge in [0.1, 0.15) is 5.82 Å². The molecule has 20 heavy (non-hydrogen) atoms. The predicted molar refractivity (Wildman–Crippen MR) is 84.1 cm³/mol. The number of aromatic nitrogens is 2. The van der Waals surface area contributed by atoms with Gasteiger partial charge in [-0.05, 0) is 32.0 Å². The summed E-state index contributed by atoms with van der Waals surface area (Å²) in [6.07, 6.45) is 0.829. The Morgan fingerprint density at radius 1 is 1.25 bits per heavy atom. The minimum absolute atomic E-state index is 0.0862. The molecule has 0 spiro atoms. The lowest BCUT2D eigenvalue weighted by Crippen LogP contribution is -2.34. The van der Waals surface area contributed by atoms with Gasteiger partial charge in [-0.2, -0.15) is 0 Å². The normalized spacial score (nSPS) is 16.4. The third-order valence-corrected chi connectivity index (χ3v) is 4.45. The Bertz CT molecular complexity index is 708. The zero-order valence-electron chi connectivity index (χ0n) is 11.8. The largest absolute Gasteiger partial charge is 0.299 e. The first-order chi connectivity index (χ1) is 9.56. The van der Waals surface area contributed by atoms with E-state index in [-0.39, 0.29) is 5.56 Å². The molecule has 3 rings (SSSR count). The van der Waals surface area contributed by atoms with E-state index in [1.807, 2.05) is 22.8 Å². The van der Waals surface area contributed by atoms with Crippen LogP contribution >= 0.6 is 15.9 Å². The first kappa shape index (κ1) is 13.8. The van der Waals surface area contributed by atoms with E-state index in [1.165, 1.54) is 0 Å². The van der Waals surface area contributed by atoms with E-state index in [1.54, 1.807) is 0 Å². The van der Waals surface area contributed by atoms with Crippen LogP contribution in [0.25, 0.3) is 10.9 Å². The van der Waals surface area contributed by atoms with Gasteiger partial charge in [-0.1, -0.05) is 15.9 Å². The molecule has 0 fully saturated rings. The monoisotopic (exact) mass is 335 g/mol. The van der Waals surface area contributed by atoms with E-state index in [2.05, 4.69) is 34.7 Å². The first-order valence-corrected chi connectivity index (χ1v) is 7.78. The number of hydrogen-bond donors (Lipinski definition) is 0. The van der Waals surface area contributed by atoms with Crippen molar-refractivity contribution in [2.75, 3.05) is 13.1 Å². The molecule has 1 aliphatic heterocycles. The van der Waals surface area contributed by atoms with E-state index in [0.29, 0.717) is 11.4 Å². The predicted octanol–water partition coefficient (Wildman–Crippen LogP) is 2.43. The lowest BCUT2D eigenvalue weighted by atomic mass is 10.2. The first-order valence-electron chi connectivity index (χ1n) is 6.99. The van der Waals surface area contributed by atoms with Crippen molar-refractivity contribution in [3.8, 4) is 0 Å². The molecule has 1 aliphatic rings. The highest BCUT2D eigenvalue weighted by atomic mass is 79.9. The molecule has 0 radical (unpaired) electrons. The van der Waals surface area contributed by atoms with Gasteiger partial charge in [0.25, 0.3) is 5.56 Å². The molecule has 0 amide bonds. The molecule has 5 heteroatoms. The van der Waals surface area contributed by atoms with E-state index < -0.39 is 0 Å². The van der Waals surface area contributed by atoms with Crippen LogP contribution in [0.1, 0.15) is 19.7 Å². The summed E-state index contributed by atoms with van der Waals surface area (Å²) in [6.45, 7) is 6.99. The van der Waals surface area contributed by atoms with Crippen LogP contribution in [0.3, 0.4) is 0 Å². The molecule has 0 saturated carbocycles. The average Bonchev–Trinajstić information content (AvgIpc) is 2.61. The number of nitrogens with zero attached hydrogens (tertiary/aromatic N) is 3. The molecule has 0 bridgehead atoms. The van der Waals surface area contributed by atoms with E-state index in [9.17, 15) is 4.79 Å². The minimum Gasteiger partial charge on any atom is -0.299 e. The highest BCUT2D eigenvalue weighted by Gasteiger charge is 2.18. The Morgan fingerprint density at radius 2 is 2.05 bits per heavy atom. The second-order valence-electron chi connectivity index (χ2n) is 5.53. The Labute approximate surface area is 126 Å². The van der Waals surface area contributed by atoms with Crippen LogP contribution in [0.15, 0.2) is 27.5 Å². The maximum Gasteiger partial charge on any atom is 0.261 e. The summed E-state index contributed by atoms with van der Waals surface area (Å²) in [4.78, 5) is 19.7. The van der Waals surface area contributed by atoms with Crippen molar-refractivity contribution in [3.63, 3.8) is 0 Å². The molecular formula is C15H18BrN3O. The fourth-order valence-electron chi connectivity index (χ4n) is 2.76. The third-order valence-electron chi connectivity index (χ3n) is 3.96. The van der Waals surface area contributed by atoms with Gasteiger partial charge in [0.05, 0.1) is 10.9 Å². The van der Waals surface area contributed by atoms with Crippen molar-refractivity contribution in [3.05, 3.63) is 38.9 Å². The van der Waals surface area contributed by atoms with E-state index >= 15 is 0 Å². The van der Waals surface area contributed by atoms with Gasteiger partial charge in [-0.25, -0.2) is 4.98 Å². The summed E-state index contributed by atoms with van der Waals surface area (Å²) < 4.78 is 2.80. The van der Waals surface area contributed by atoms with Crippen molar-refractivity contribution in [1.82, 2.24) is 14.5 Å². The van der Waals surface area contributed by atoms with Crippen LogP contribution in [0.5, 0.6) is 0 Å². The second-order valence-corrected chi connectivity index (χ2v) is 6.44. The summed E-state index contributed by atoms with van der Waals surface area (Å²) in [7, 11) is 0. The average molecular weight is 336 g/mol. The van der Waals surface area contributed by atoms with E-state index in [4.69, 9.17) is 4.98 Å². The van der Waals surface area contributed by atoms with E-state index in [0.717, 1.165) is 41.9 Å². The number of fused-ring (bicyclic) bond motifs is 2. The molecule has 0 aliphatic carbocycles. The van der Waals surface area contributed by atoms with Crippen LogP contribution in [0, 0.1) is 0 Å². The molecular weight excluding hydrogens is 318 g/mol. The topological polar surface area (TPSA) is 38.1 Å². The van der Waals surface area contributed by atoms with Crippen LogP contribution in [0.2, 0.25) is 0 Å². The molecule has 2 heterocycles. The molecule has 0 N–H and O–H groups in total. The smallest absolute Gasteiger partial charge is 0.261 e. The lowest BCUT2D eigenvalue weighted by molar-refractivity contribution is 0.226. The van der Waals surface area contributed by atoms with Crippen molar-refractivity contribution in [2.45, 2.75) is 32.9 Å². The summed E-state index contributed by atoms with van der Waals surface area (Å²) >= 11 is 3.44. The quantitative estimate of drug-likeness (QED) is 0.803. The number of halogens is 1. The lowest BCUT2D eigenvalue weighted by Gasteiger charge is -2.23. The van der Waals surface area contributed by atoms with Crippen molar-refractivity contribution >= 4 is 26.8 Å². The van der Waals surface area contributed by atoms with Crippen molar-refractivity contribution in [1.29, 1.82) is 0 Å². The fraction of sp³-hybridized carbons (Fsp3) is 0.467. The fourth-order valence-corrected chi connectivity index (χ4v) is 3.11. The molecule has 0 atom stereocenters. The minimum atomic E-state index is 0.0862. The maximum atomic E-state index is 12.6. The van der Waals surface area contributed by atoms with Gasteiger partial charge >= 0.3 is 0 Å². The molecule has 106 valence electrons. The summed E-state index contributed by atoms with van der Waals surface area (Å²) in [5.41, 5.74) is 0.872. The Kier molecular flexibility index (Phi) is 3.65. The molecule has 1 aromatic carbocycles. The Hall–Kier alpha value is -1.20. The second kappa shape index (κ2) is 5.30. The molecule has 4 nitrogen and oxygen atoms in total. The van der Waals surface area contributed by atoms with Gasteiger partial charge in [0, 0.05) is 36.6 Å². The Morgan fingerprint density at radius 3 is 2.80 bits per heavy atom. The van der Waals surface area contributed by atoms with Crippen LogP contribution < -0.4 is 5.56 Å². The maximum absolute atomic E-state index is 12.6. The van der Waals surface area contributed by atoms with Gasteiger partial charge < -0.3 is 0 Å². The van der Waals surface area contributed by atoms with Gasteiger partial charge in [0.2, 0.25) is 0 Å². The van der Waals surface area contributed by atoms with Crippen molar-refractivity contribution in [2.24, 2.45) is 0 Å². The zero-order valence-corrected chi connectivity index (χ0v) is 13.4. The van der Waals surface area contributed by atoms with Gasteiger partial charge in [-0.15, -0.1) is 0 Å².